The number of carbonyl (C=O) groups is 1. The Labute approximate surface area is 223 Å². The number of rotatable bonds is 5. The summed E-state index contributed by atoms with van der Waals surface area (Å²) in [7, 11) is -2.31. The molecule has 0 aliphatic carbocycles. The van der Waals surface area contributed by atoms with Gasteiger partial charge < -0.3 is 18.8 Å². The molecule has 6 rings (SSSR count). The lowest BCUT2D eigenvalue weighted by Gasteiger charge is -2.24. The van der Waals surface area contributed by atoms with Crippen molar-refractivity contribution in [2.24, 2.45) is 0 Å². The van der Waals surface area contributed by atoms with Crippen LogP contribution < -0.4 is 4.74 Å². The van der Waals surface area contributed by atoms with Crippen LogP contribution in [0.2, 0.25) is 0 Å². The number of carbonyl (C=O) groups excluding carboxylic acids is 1. The van der Waals surface area contributed by atoms with E-state index >= 15 is 0 Å². The van der Waals surface area contributed by atoms with Gasteiger partial charge in [0.1, 0.15) is 11.6 Å². The molecule has 0 radical (unpaired) electrons. The van der Waals surface area contributed by atoms with E-state index in [1.54, 1.807) is 13.3 Å². The van der Waals surface area contributed by atoms with Crippen LogP contribution in [0.15, 0.2) is 60.7 Å². The molecule has 1 aromatic heterocycles. The minimum Gasteiger partial charge on any atom is -0.434 e. The maximum atomic E-state index is 13.6. The Morgan fingerprint density at radius 1 is 1.08 bits per heavy atom. The lowest BCUT2D eigenvalue weighted by Crippen LogP contribution is -2.30. The smallest absolute Gasteiger partial charge is 0.387 e. The topological polar surface area (TPSA) is 64.4 Å². The molecule has 0 spiro atoms. The number of hydrogen-bond acceptors (Lipinski definition) is 4. The van der Waals surface area contributed by atoms with Crippen LogP contribution in [-0.2, 0) is 4.57 Å². The molecule has 3 aromatic carbocycles. The van der Waals surface area contributed by atoms with Gasteiger partial charge in [-0.2, -0.15) is 8.78 Å². The van der Waals surface area contributed by atoms with Crippen LogP contribution in [0.3, 0.4) is 0 Å². The van der Waals surface area contributed by atoms with E-state index in [1.165, 1.54) is 18.2 Å². The zero-order valence-electron chi connectivity index (χ0n) is 24.1. The number of hydrogen-bond donors (Lipinski definition) is 0. The van der Waals surface area contributed by atoms with Gasteiger partial charge in [0, 0.05) is 34.3 Å². The highest BCUT2D eigenvalue weighted by Gasteiger charge is 2.45. The Morgan fingerprint density at radius 3 is 2.50 bits per heavy atom. The Hall–Kier alpha value is -3.51. The first-order valence-corrected chi connectivity index (χ1v) is 15.0. The molecule has 2 aliphatic heterocycles. The van der Waals surface area contributed by atoms with Crippen molar-refractivity contribution in [1.29, 1.82) is 0 Å². The number of amides is 1. The van der Waals surface area contributed by atoms with Crippen molar-refractivity contribution in [3.05, 3.63) is 83.2 Å². The standard InChI is InChI=1S/C29H28F2N3O3P/c1-16(38(3,4)36)17-8-10-18(11-9-17)19-12-13-21-22(14-19)34-23-15-24(27(34)32-21)33(2)28(35)20-6-5-7-25(26(20)23)37-29(30)31/h5-14,16,23-24,29H,15H2,1-4H3/t16?,23-,24-/m1/s1/i2D3. The Kier molecular flexibility index (Phi) is 4.95. The second-order valence-corrected chi connectivity index (χ2v) is 14.0. The molecule has 38 heavy (non-hydrogen) atoms. The molecular weight excluding hydrogens is 507 g/mol. The van der Waals surface area contributed by atoms with Crippen LogP contribution in [0, 0.1) is 0 Å². The minimum absolute atomic E-state index is 0.0178. The van der Waals surface area contributed by atoms with Crippen molar-refractivity contribution in [2.75, 3.05) is 20.3 Å². The molecule has 4 aromatic rings. The van der Waals surface area contributed by atoms with Crippen LogP contribution in [0.4, 0.5) is 8.78 Å². The summed E-state index contributed by atoms with van der Waals surface area (Å²) in [6.45, 7) is -0.410. The summed E-state index contributed by atoms with van der Waals surface area (Å²) in [5, 5.41) is 0. The van der Waals surface area contributed by atoms with E-state index in [2.05, 4.69) is 0 Å². The number of fused-ring (bicyclic) bond motifs is 9. The third-order valence-corrected chi connectivity index (χ3v) is 9.97. The fourth-order valence-electron chi connectivity index (χ4n) is 5.60. The molecule has 2 aliphatic rings. The van der Waals surface area contributed by atoms with Crippen molar-refractivity contribution in [2.45, 2.75) is 37.7 Å². The highest BCUT2D eigenvalue weighted by molar-refractivity contribution is 7.62. The number of benzene rings is 3. The SMILES string of the molecule is [2H]C([2H])([2H])N1C(=O)c2cccc(OC(F)F)c2[C@H]2C[C@@H]1c1nc3ccc(-c4ccc(C(C)P(C)(C)=O)cc4)cc3n12. The van der Waals surface area contributed by atoms with E-state index in [-0.39, 0.29) is 29.0 Å². The van der Waals surface area contributed by atoms with Gasteiger partial charge in [0.25, 0.3) is 5.91 Å². The lowest BCUT2D eigenvalue weighted by molar-refractivity contribution is -0.0507. The largest absolute Gasteiger partial charge is 0.434 e. The first-order chi connectivity index (χ1) is 19.3. The monoisotopic (exact) mass is 538 g/mol. The van der Waals surface area contributed by atoms with Gasteiger partial charge >= 0.3 is 6.61 Å². The molecule has 0 N–H and O–H groups in total. The fourth-order valence-corrected chi connectivity index (χ4v) is 6.49. The average Bonchev–Trinajstić information content (AvgIpc) is 3.39. The van der Waals surface area contributed by atoms with Crippen LogP contribution in [0.5, 0.6) is 5.75 Å². The minimum atomic E-state index is -3.12. The number of nitrogens with zero attached hydrogens (tertiary/aromatic N) is 3. The van der Waals surface area contributed by atoms with Crippen molar-refractivity contribution in [3.63, 3.8) is 0 Å². The first-order valence-electron chi connectivity index (χ1n) is 13.8. The van der Waals surface area contributed by atoms with Crippen LogP contribution >= 0.6 is 7.14 Å². The Bertz CT molecular complexity index is 1730. The third-order valence-electron chi connectivity index (χ3n) is 7.81. The summed E-state index contributed by atoms with van der Waals surface area (Å²) in [4.78, 5) is 19.2. The molecule has 196 valence electrons. The van der Waals surface area contributed by atoms with Gasteiger partial charge in [0.15, 0.2) is 0 Å². The van der Waals surface area contributed by atoms with Gasteiger partial charge in [-0.05, 0) is 54.3 Å². The first kappa shape index (κ1) is 21.4. The predicted octanol–water partition coefficient (Wildman–Crippen LogP) is 7.11. The Morgan fingerprint density at radius 2 is 1.82 bits per heavy atom. The molecule has 0 saturated heterocycles. The zero-order chi connectivity index (χ0) is 29.4. The molecule has 3 heterocycles. The van der Waals surface area contributed by atoms with E-state index in [4.69, 9.17) is 13.8 Å². The fraction of sp³-hybridized carbons (Fsp3) is 0.310. The second kappa shape index (κ2) is 8.77. The molecule has 2 bridgehead atoms. The number of ether oxygens (including phenoxy) is 1. The number of alkyl halides is 2. The quantitative estimate of drug-likeness (QED) is 0.254. The van der Waals surface area contributed by atoms with Gasteiger partial charge in [-0.3, -0.25) is 4.79 Å². The van der Waals surface area contributed by atoms with E-state index < -0.39 is 38.7 Å². The normalized spacial score (nSPS) is 20.9. The number of aromatic nitrogens is 2. The summed E-state index contributed by atoms with van der Waals surface area (Å²) < 4.78 is 70.6. The van der Waals surface area contributed by atoms with Gasteiger partial charge in [-0.15, -0.1) is 0 Å². The summed E-state index contributed by atoms with van der Waals surface area (Å²) in [5.74, 6) is -0.555. The van der Waals surface area contributed by atoms with E-state index in [1.807, 2.05) is 54.0 Å². The van der Waals surface area contributed by atoms with Crippen LogP contribution in [0.1, 0.15) is 62.5 Å². The summed E-state index contributed by atoms with van der Waals surface area (Å²) in [6, 6.07) is 16.2. The van der Waals surface area contributed by atoms with E-state index in [0.717, 1.165) is 21.6 Å². The van der Waals surface area contributed by atoms with Crippen LogP contribution in [-0.4, -0.2) is 47.3 Å². The van der Waals surface area contributed by atoms with Crippen molar-refractivity contribution >= 4 is 24.1 Å². The van der Waals surface area contributed by atoms with Crippen molar-refractivity contribution < 1.29 is 27.0 Å². The number of imidazole rings is 1. The van der Waals surface area contributed by atoms with E-state index in [9.17, 15) is 18.1 Å². The molecular formula is C29H28F2N3O3P. The van der Waals surface area contributed by atoms with E-state index in [0.29, 0.717) is 16.9 Å². The predicted molar refractivity (Wildman–Crippen MR) is 144 cm³/mol. The maximum Gasteiger partial charge on any atom is 0.387 e. The summed E-state index contributed by atoms with van der Waals surface area (Å²) >= 11 is 0. The molecule has 3 atom stereocenters. The van der Waals surface area contributed by atoms with Gasteiger partial charge in [0.2, 0.25) is 0 Å². The Balaban J connectivity index is 1.52. The zero-order valence-corrected chi connectivity index (χ0v) is 22.0. The molecule has 0 fully saturated rings. The van der Waals surface area contributed by atoms with Gasteiger partial charge in [-0.25, -0.2) is 4.98 Å². The van der Waals surface area contributed by atoms with Crippen molar-refractivity contribution in [1.82, 2.24) is 14.5 Å². The lowest BCUT2D eigenvalue weighted by atomic mass is 9.97. The average molecular weight is 539 g/mol. The van der Waals surface area contributed by atoms with Gasteiger partial charge in [-0.1, -0.05) is 43.3 Å². The highest BCUT2D eigenvalue weighted by atomic mass is 31.2. The summed E-state index contributed by atoms with van der Waals surface area (Å²) in [5.41, 5.74) is 4.21. The molecule has 1 unspecified atom stereocenters. The third kappa shape index (κ3) is 3.85. The maximum absolute atomic E-state index is 13.6. The van der Waals surface area contributed by atoms with Crippen molar-refractivity contribution in [3.8, 4) is 16.9 Å². The van der Waals surface area contributed by atoms with Gasteiger partial charge in [0.05, 0.1) is 30.3 Å². The van der Waals surface area contributed by atoms with Crippen LogP contribution in [0.25, 0.3) is 22.2 Å². The number of halogens is 2. The molecule has 9 heteroatoms. The molecule has 1 amide bonds. The second-order valence-electron chi connectivity index (χ2n) is 10.3. The highest BCUT2D eigenvalue weighted by Crippen LogP contribution is 2.53. The summed E-state index contributed by atoms with van der Waals surface area (Å²) in [6.07, 6.45) is 0.157. The molecule has 6 nitrogen and oxygen atoms in total. The molecule has 0 saturated carbocycles.